The Kier molecular flexibility index (Phi) is 6.19. The van der Waals surface area contributed by atoms with E-state index in [4.69, 9.17) is 0 Å². The van der Waals surface area contributed by atoms with Gasteiger partial charge in [0, 0.05) is 29.5 Å². The van der Waals surface area contributed by atoms with Crippen molar-refractivity contribution in [3.63, 3.8) is 0 Å². The number of alkyl halides is 3. The van der Waals surface area contributed by atoms with Crippen LogP contribution in [0.25, 0.3) is 0 Å². The Morgan fingerprint density at radius 3 is 2.43 bits per heavy atom. The molecular weight excluding hydrogens is 399 g/mol. The number of hydrogen-bond acceptors (Lipinski definition) is 3. The molecule has 30 heavy (non-hydrogen) atoms. The SMILES string of the molecule is CC(C)NC(=O)Nc1ccc(C(=O)N2CCCc3cc(OC(F)(F)F)ccc32)cc1. The Morgan fingerprint density at radius 2 is 1.80 bits per heavy atom. The lowest BCUT2D eigenvalue weighted by atomic mass is 10.0. The summed E-state index contributed by atoms with van der Waals surface area (Å²) in [6, 6.07) is 10.1. The van der Waals surface area contributed by atoms with E-state index in [1.54, 1.807) is 29.2 Å². The van der Waals surface area contributed by atoms with Gasteiger partial charge in [-0.3, -0.25) is 4.79 Å². The second kappa shape index (κ2) is 8.64. The number of anilines is 2. The van der Waals surface area contributed by atoms with Crippen LogP contribution in [0.3, 0.4) is 0 Å². The van der Waals surface area contributed by atoms with Gasteiger partial charge >= 0.3 is 12.4 Å². The number of benzene rings is 2. The van der Waals surface area contributed by atoms with Crippen LogP contribution in [0.15, 0.2) is 42.5 Å². The monoisotopic (exact) mass is 421 g/mol. The lowest BCUT2D eigenvalue weighted by Gasteiger charge is -2.30. The molecule has 1 aliphatic rings. The normalized spacial score (nSPS) is 13.6. The first-order valence-corrected chi connectivity index (χ1v) is 9.50. The third-order valence-electron chi connectivity index (χ3n) is 4.46. The number of amides is 3. The summed E-state index contributed by atoms with van der Waals surface area (Å²) in [5.41, 5.74) is 2.14. The van der Waals surface area contributed by atoms with Crippen LogP contribution in [-0.2, 0) is 6.42 Å². The molecule has 1 aliphatic heterocycles. The average Bonchev–Trinajstić information content (AvgIpc) is 2.65. The van der Waals surface area contributed by atoms with Crippen LogP contribution in [0.2, 0.25) is 0 Å². The lowest BCUT2D eigenvalue weighted by molar-refractivity contribution is -0.274. The molecule has 0 aliphatic carbocycles. The molecule has 2 N–H and O–H groups in total. The van der Waals surface area contributed by atoms with Gasteiger partial charge in [0.1, 0.15) is 5.75 Å². The molecule has 0 unspecified atom stereocenters. The molecule has 3 rings (SSSR count). The van der Waals surface area contributed by atoms with E-state index in [-0.39, 0.29) is 23.7 Å². The lowest BCUT2D eigenvalue weighted by Crippen LogP contribution is -2.35. The molecule has 0 saturated heterocycles. The molecule has 9 heteroatoms. The summed E-state index contributed by atoms with van der Waals surface area (Å²) < 4.78 is 41.3. The van der Waals surface area contributed by atoms with Crippen molar-refractivity contribution in [2.75, 3.05) is 16.8 Å². The van der Waals surface area contributed by atoms with Crippen LogP contribution in [0, 0.1) is 0 Å². The first kappa shape index (κ1) is 21.5. The summed E-state index contributed by atoms with van der Waals surface area (Å²) in [5, 5.41) is 5.38. The molecule has 1 heterocycles. The minimum absolute atomic E-state index is 0.00734. The van der Waals surface area contributed by atoms with Crippen molar-refractivity contribution in [2.24, 2.45) is 0 Å². The third kappa shape index (κ3) is 5.43. The van der Waals surface area contributed by atoms with Crippen LogP contribution in [-0.4, -0.2) is 30.9 Å². The number of ether oxygens (including phenoxy) is 1. The predicted octanol–water partition coefficient (Wildman–Crippen LogP) is 4.71. The van der Waals surface area contributed by atoms with Crippen LogP contribution in [0.5, 0.6) is 5.75 Å². The minimum Gasteiger partial charge on any atom is -0.406 e. The molecular formula is C21H22F3N3O3. The zero-order valence-corrected chi connectivity index (χ0v) is 16.5. The third-order valence-corrected chi connectivity index (χ3v) is 4.46. The maximum Gasteiger partial charge on any atom is 0.573 e. The van der Waals surface area contributed by atoms with E-state index in [9.17, 15) is 22.8 Å². The molecule has 2 aromatic rings. The molecule has 0 atom stereocenters. The molecule has 160 valence electrons. The van der Waals surface area contributed by atoms with Gasteiger partial charge in [0.2, 0.25) is 0 Å². The van der Waals surface area contributed by atoms with Crippen molar-refractivity contribution in [3.05, 3.63) is 53.6 Å². The van der Waals surface area contributed by atoms with Crippen molar-refractivity contribution in [1.82, 2.24) is 5.32 Å². The number of rotatable bonds is 4. The molecule has 2 aromatic carbocycles. The highest BCUT2D eigenvalue weighted by molar-refractivity contribution is 6.07. The van der Waals surface area contributed by atoms with Crippen molar-refractivity contribution in [2.45, 2.75) is 39.1 Å². The second-order valence-corrected chi connectivity index (χ2v) is 7.23. The van der Waals surface area contributed by atoms with Gasteiger partial charge in [0.15, 0.2) is 0 Å². The minimum atomic E-state index is -4.76. The summed E-state index contributed by atoms with van der Waals surface area (Å²) in [5.74, 6) is -0.565. The Morgan fingerprint density at radius 1 is 1.10 bits per heavy atom. The summed E-state index contributed by atoms with van der Waals surface area (Å²) in [7, 11) is 0. The van der Waals surface area contributed by atoms with Crippen molar-refractivity contribution >= 4 is 23.3 Å². The van der Waals surface area contributed by atoms with Gasteiger partial charge in [-0.2, -0.15) is 0 Å². The van der Waals surface area contributed by atoms with E-state index in [1.807, 2.05) is 13.8 Å². The van der Waals surface area contributed by atoms with Crippen LogP contribution in [0.4, 0.5) is 29.3 Å². The van der Waals surface area contributed by atoms with E-state index in [1.165, 1.54) is 18.2 Å². The van der Waals surface area contributed by atoms with Crippen molar-refractivity contribution < 1.29 is 27.5 Å². The molecule has 0 spiro atoms. The molecule has 0 fully saturated rings. The standard InChI is InChI=1S/C21H22F3N3O3/c1-13(2)25-20(29)26-16-7-5-14(6-8-16)19(28)27-11-3-4-15-12-17(9-10-18(15)27)30-21(22,23)24/h5-10,12-13H,3-4,11H2,1-2H3,(H2,25,26,29). The molecule has 0 saturated carbocycles. The zero-order valence-electron chi connectivity index (χ0n) is 16.5. The van der Waals surface area contributed by atoms with Crippen molar-refractivity contribution in [3.8, 4) is 5.75 Å². The summed E-state index contributed by atoms with van der Waals surface area (Å²) in [6.45, 7) is 4.15. The molecule has 0 aromatic heterocycles. The number of urea groups is 1. The molecule has 0 radical (unpaired) electrons. The number of hydrogen-bond donors (Lipinski definition) is 2. The number of carbonyl (C=O) groups is 2. The highest BCUT2D eigenvalue weighted by Crippen LogP contribution is 2.33. The quantitative estimate of drug-likeness (QED) is 0.751. The highest BCUT2D eigenvalue weighted by Gasteiger charge is 2.32. The predicted molar refractivity (Wildman–Crippen MR) is 107 cm³/mol. The topological polar surface area (TPSA) is 70.7 Å². The fourth-order valence-corrected chi connectivity index (χ4v) is 3.26. The maximum absolute atomic E-state index is 13.0. The van der Waals surface area contributed by atoms with Gasteiger partial charge in [0.05, 0.1) is 0 Å². The largest absolute Gasteiger partial charge is 0.573 e. The van der Waals surface area contributed by atoms with Crippen molar-refractivity contribution in [1.29, 1.82) is 0 Å². The Bertz CT molecular complexity index is 927. The van der Waals surface area contributed by atoms with Crippen LogP contribution >= 0.6 is 0 Å². The Balaban J connectivity index is 1.74. The fourth-order valence-electron chi connectivity index (χ4n) is 3.26. The summed E-state index contributed by atoms with van der Waals surface area (Å²) in [4.78, 5) is 26.3. The second-order valence-electron chi connectivity index (χ2n) is 7.23. The van der Waals surface area contributed by atoms with Gasteiger partial charge in [0.25, 0.3) is 5.91 Å². The zero-order chi connectivity index (χ0) is 21.9. The number of fused-ring (bicyclic) bond motifs is 1. The van der Waals surface area contributed by atoms with Gasteiger partial charge in [-0.25, -0.2) is 4.79 Å². The fraction of sp³-hybridized carbons (Fsp3) is 0.333. The van der Waals surface area contributed by atoms with Gasteiger partial charge in [-0.15, -0.1) is 13.2 Å². The Hall–Kier alpha value is -3.23. The van der Waals surface area contributed by atoms with Gasteiger partial charge in [-0.1, -0.05) is 0 Å². The maximum atomic E-state index is 13.0. The molecule has 3 amide bonds. The van der Waals surface area contributed by atoms with Crippen LogP contribution < -0.4 is 20.3 Å². The van der Waals surface area contributed by atoms with Gasteiger partial charge in [-0.05, 0) is 74.7 Å². The van der Waals surface area contributed by atoms with Crippen LogP contribution in [0.1, 0.15) is 36.2 Å². The van der Waals surface area contributed by atoms with E-state index < -0.39 is 6.36 Å². The average molecular weight is 421 g/mol. The molecule has 6 nitrogen and oxygen atoms in total. The van der Waals surface area contributed by atoms with E-state index >= 15 is 0 Å². The number of aryl methyl sites for hydroxylation is 1. The van der Waals surface area contributed by atoms with E-state index in [0.29, 0.717) is 41.9 Å². The first-order valence-electron chi connectivity index (χ1n) is 9.50. The van der Waals surface area contributed by atoms with E-state index in [0.717, 1.165) is 0 Å². The Labute approximate surface area is 172 Å². The number of halogens is 3. The number of nitrogens with one attached hydrogen (secondary N) is 2. The highest BCUT2D eigenvalue weighted by atomic mass is 19.4. The van der Waals surface area contributed by atoms with Gasteiger partial charge < -0.3 is 20.3 Å². The molecule has 0 bridgehead atoms. The smallest absolute Gasteiger partial charge is 0.406 e. The number of carbonyl (C=O) groups excluding carboxylic acids is 2. The first-order chi connectivity index (χ1) is 14.1. The van der Waals surface area contributed by atoms with E-state index in [2.05, 4.69) is 15.4 Å². The summed E-state index contributed by atoms with van der Waals surface area (Å²) >= 11 is 0. The number of nitrogens with zero attached hydrogens (tertiary/aromatic N) is 1. The summed E-state index contributed by atoms with van der Waals surface area (Å²) in [6.07, 6.45) is -3.58.